The summed E-state index contributed by atoms with van der Waals surface area (Å²) >= 11 is 5.82. The van der Waals surface area contributed by atoms with E-state index in [0.29, 0.717) is 17.0 Å². The molecule has 0 unspecified atom stereocenters. The molecule has 1 atom stereocenters. The molecule has 0 aliphatic carbocycles. The number of amides is 1. The van der Waals surface area contributed by atoms with E-state index in [0.717, 1.165) is 22.4 Å². The van der Waals surface area contributed by atoms with Crippen LogP contribution in [0.1, 0.15) is 31.0 Å². The van der Waals surface area contributed by atoms with Crippen LogP contribution in [0.15, 0.2) is 84.3 Å². The summed E-state index contributed by atoms with van der Waals surface area (Å²) < 4.78 is 5.72. The number of nitrogens with zero attached hydrogens (tertiary/aromatic N) is 2. The lowest BCUT2D eigenvalue weighted by Crippen LogP contribution is -2.33. The zero-order chi connectivity index (χ0) is 24.5. The van der Waals surface area contributed by atoms with Crippen LogP contribution in [0.25, 0.3) is 16.7 Å². The number of rotatable bonds is 5. The number of carbonyl (C=O) groups excluding carboxylic acids is 1. The predicted molar refractivity (Wildman–Crippen MR) is 137 cm³/mol. The molecule has 1 aromatic heterocycles. The van der Waals surface area contributed by atoms with Crippen LogP contribution in [0.2, 0.25) is 0 Å². The number of nitrogens with two attached hydrogens (primary N) is 3. The molecule has 3 aromatic rings. The molecule has 1 fully saturated rings. The Morgan fingerprint density at radius 3 is 2.41 bits per heavy atom. The Balaban J connectivity index is 1.69. The Morgan fingerprint density at radius 2 is 1.79 bits per heavy atom. The lowest BCUT2D eigenvalue weighted by Gasteiger charge is -2.29. The summed E-state index contributed by atoms with van der Waals surface area (Å²) in [5, 5.41) is 0.0826. The van der Waals surface area contributed by atoms with Crippen molar-refractivity contribution in [3.05, 3.63) is 95.4 Å². The van der Waals surface area contributed by atoms with Crippen LogP contribution >= 0.6 is 11.6 Å². The molecule has 1 aliphatic rings. The average Bonchev–Trinajstić information content (AvgIpc) is 3.06. The van der Waals surface area contributed by atoms with Crippen LogP contribution in [0.5, 0.6) is 0 Å². The molecule has 0 radical (unpaired) electrons. The second-order valence-corrected chi connectivity index (χ2v) is 8.95. The number of allylic oxidation sites excluding steroid dienone is 2. The molecule has 34 heavy (non-hydrogen) atoms. The maximum atomic E-state index is 12.8. The molecule has 7 nitrogen and oxygen atoms in total. The van der Waals surface area contributed by atoms with Gasteiger partial charge in [-0.15, -0.1) is 0 Å². The first-order valence-electron chi connectivity index (χ1n) is 10.7. The standard InChI is InChI=1S/C26H26ClN5O2/c1-26(2)23(17-6-4-3-5-7-17)32(25(33)34-26)20-10-8-16(9-11-20)19-12-21(24(30)31-15-19)18(14-28)13-22(27)29/h3-15,23H,28-29H2,1-2H3,(H2,30,31)/b18-14+,22-13-/t23-/m0/s1. The highest BCUT2D eigenvalue weighted by Gasteiger charge is 2.49. The highest BCUT2D eigenvalue weighted by atomic mass is 35.5. The van der Waals surface area contributed by atoms with E-state index in [2.05, 4.69) is 4.98 Å². The van der Waals surface area contributed by atoms with E-state index in [1.54, 1.807) is 11.1 Å². The Morgan fingerprint density at radius 1 is 1.12 bits per heavy atom. The van der Waals surface area contributed by atoms with Gasteiger partial charge in [-0.25, -0.2) is 9.78 Å². The number of anilines is 2. The molecule has 0 bridgehead atoms. The van der Waals surface area contributed by atoms with Crippen molar-refractivity contribution in [2.24, 2.45) is 11.5 Å². The monoisotopic (exact) mass is 475 g/mol. The van der Waals surface area contributed by atoms with Crippen molar-refractivity contribution >= 4 is 34.8 Å². The van der Waals surface area contributed by atoms with E-state index < -0.39 is 5.60 Å². The Bertz CT molecular complexity index is 1270. The summed E-state index contributed by atoms with van der Waals surface area (Å²) in [5.74, 6) is 0.305. The van der Waals surface area contributed by atoms with Gasteiger partial charge >= 0.3 is 6.09 Å². The predicted octanol–water partition coefficient (Wildman–Crippen LogP) is 5.15. The maximum Gasteiger partial charge on any atom is 0.415 e. The molecular weight excluding hydrogens is 450 g/mol. The third-order valence-corrected chi connectivity index (χ3v) is 5.87. The third kappa shape index (κ3) is 4.43. The van der Waals surface area contributed by atoms with Gasteiger partial charge in [0.05, 0.1) is 5.16 Å². The molecule has 2 heterocycles. The number of nitrogen functional groups attached to an aromatic ring is 1. The fourth-order valence-electron chi connectivity index (χ4n) is 4.23. The van der Waals surface area contributed by atoms with Crippen molar-refractivity contribution in [3.8, 4) is 11.1 Å². The summed E-state index contributed by atoms with van der Waals surface area (Å²) in [6, 6.07) is 19.1. The van der Waals surface area contributed by atoms with E-state index in [-0.39, 0.29) is 17.3 Å². The van der Waals surface area contributed by atoms with E-state index in [4.69, 9.17) is 33.5 Å². The molecule has 0 saturated carbocycles. The Hall–Kier alpha value is -3.97. The molecule has 1 aliphatic heterocycles. The maximum absolute atomic E-state index is 12.8. The van der Waals surface area contributed by atoms with Gasteiger partial charge < -0.3 is 21.9 Å². The first-order valence-corrected chi connectivity index (χ1v) is 11.1. The second-order valence-electron chi connectivity index (χ2n) is 8.51. The fourth-order valence-corrected chi connectivity index (χ4v) is 4.35. The average molecular weight is 476 g/mol. The van der Waals surface area contributed by atoms with Crippen molar-refractivity contribution in [3.63, 3.8) is 0 Å². The van der Waals surface area contributed by atoms with Crippen LogP contribution in [-0.4, -0.2) is 16.7 Å². The number of aromatic nitrogens is 1. The van der Waals surface area contributed by atoms with Crippen molar-refractivity contribution in [2.75, 3.05) is 10.6 Å². The molecule has 0 spiro atoms. The second kappa shape index (κ2) is 9.11. The van der Waals surface area contributed by atoms with Crippen molar-refractivity contribution < 1.29 is 9.53 Å². The SMILES string of the molecule is CC1(C)OC(=O)N(c2ccc(-c3cnc(N)c(C(/C=C(\N)Cl)=C/N)c3)cc2)[C@H]1c1ccccc1. The number of pyridine rings is 1. The van der Waals surface area contributed by atoms with Crippen molar-refractivity contribution in [1.29, 1.82) is 0 Å². The van der Waals surface area contributed by atoms with Gasteiger partial charge in [0.25, 0.3) is 0 Å². The normalized spacial score (nSPS) is 18.1. The van der Waals surface area contributed by atoms with Gasteiger partial charge in [0, 0.05) is 34.8 Å². The summed E-state index contributed by atoms with van der Waals surface area (Å²) in [5.41, 5.74) is 21.3. The molecular formula is C26H26ClN5O2. The van der Waals surface area contributed by atoms with Crippen LogP contribution in [0.4, 0.5) is 16.3 Å². The summed E-state index contributed by atoms with van der Waals surface area (Å²) in [7, 11) is 0. The molecule has 2 aromatic carbocycles. The molecule has 174 valence electrons. The lowest BCUT2D eigenvalue weighted by atomic mass is 9.91. The van der Waals surface area contributed by atoms with Gasteiger partial charge in [0.15, 0.2) is 0 Å². The first-order chi connectivity index (χ1) is 16.2. The largest absolute Gasteiger partial charge is 0.441 e. The first kappa shape index (κ1) is 23.2. The van der Waals surface area contributed by atoms with Gasteiger partial charge in [-0.1, -0.05) is 54.1 Å². The highest BCUT2D eigenvalue weighted by molar-refractivity contribution is 6.29. The zero-order valence-corrected chi connectivity index (χ0v) is 19.7. The third-order valence-electron chi connectivity index (χ3n) is 5.76. The smallest absolute Gasteiger partial charge is 0.415 e. The van der Waals surface area contributed by atoms with Crippen LogP contribution in [0, 0.1) is 0 Å². The molecule has 1 amide bonds. The quantitative estimate of drug-likeness (QED) is 0.347. The van der Waals surface area contributed by atoms with Gasteiger partial charge in [-0.05, 0) is 49.2 Å². The minimum Gasteiger partial charge on any atom is -0.441 e. The molecule has 8 heteroatoms. The number of hydrogen-bond acceptors (Lipinski definition) is 6. The lowest BCUT2D eigenvalue weighted by molar-refractivity contribution is 0.0685. The van der Waals surface area contributed by atoms with Crippen LogP contribution in [0.3, 0.4) is 0 Å². The number of halogens is 1. The van der Waals surface area contributed by atoms with Crippen molar-refractivity contribution in [2.45, 2.75) is 25.5 Å². The van der Waals surface area contributed by atoms with Gasteiger partial charge in [0.2, 0.25) is 0 Å². The topological polar surface area (TPSA) is 120 Å². The summed E-state index contributed by atoms with van der Waals surface area (Å²) in [4.78, 5) is 18.8. The Kier molecular flexibility index (Phi) is 6.22. The van der Waals surface area contributed by atoms with Gasteiger partial charge in [-0.3, -0.25) is 4.90 Å². The minimum absolute atomic E-state index is 0.0826. The minimum atomic E-state index is -0.685. The zero-order valence-electron chi connectivity index (χ0n) is 18.9. The number of carbonyl (C=O) groups is 1. The number of ether oxygens (including phenoxy) is 1. The molecule has 6 N–H and O–H groups in total. The highest BCUT2D eigenvalue weighted by Crippen LogP contribution is 2.44. The van der Waals surface area contributed by atoms with E-state index in [1.807, 2.05) is 74.5 Å². The van der Waals surface area contributed by atoms with Crippen LogP contribution in [-0.2, 0) is 4.74 Å². The summed E-state index contributed by atoms with van der Waals surface area (Å²) in [6.45, 7) is 3.84. The van der Waals surface area contributed by atoms with E-state index in [1.165, 1.54) is 12.3 Å². The van der Waals surface area contributed by atoms with E-state index >= 15 is 0 Å². The number of hydrogen-bond donors (Lipinski definition) is 3. The van der Waals surface area contributed by atoms with E-state index in [9.17, 15) is 4.79 Å². The number of cyclic esters (lactones) is 1. The van der Waals surface area contributed by atoms with Crippen molar-refractivity contribution in [1.82, 2.24) is 4.98 Å². The summed E-state index contributed by atoms with van der Waals surface area (Å²) in [6.07, 6.45) is 4.19. The molecule has 1 saturated heterocycles. The van der Waals surface area contributed by atoms with Gasteiger partial charge in [-0.2, -0.15) is 0 Å². The van der Waals surface area contributed by atoms with Gasteiger partial charge in [0.1, 0.15) is 17.5 Å². The fraction of sp³-hybridized carbons (Fsp3) is 0.154. The Labute approximate surface area is 203 Å². The molecule has 4 rings (SSSR count). The number of benzene rings is 2. The van der Waals surface area contributed by atoms with Crippen LogP contribution < -0.4 is 22.1 Å².